The molecule has 2 saturated heterocycles. The Morgan fingerprint density at radius 3 is 2.37 bits per heavy atom. The number of amides is 2. The van der Waals surface area contributed by atoms with Crippen molar-refractivity contribution in [1.29, 1.82) is 0 Å². The van der Waals surface area contributed by atoms with E-state index < -0.39 is 24.0 Å². The molecule has 2 atom stereocenters. The first-order valence-electron chi connectivity index (χ1n) is 12.2. The van der Waals surface area contributed by atoms with Gasteiger partial charge in [-0.05, 0) is 49.6 Å². The Balaban J connectivity index is 1.35. The van der Waals surface area contributed by atoms with E-state index in [9.17, 15) is 19.5 Å². The summed E-state index contributed by atoms with van der Waals surface area (Å²) in [6.45, 7) is 2.35. The Labute approximate surface area is 205 Å². The number of benzene rings is 2. The van der Waals surface area contributed by atoms with Crippen LogP contribution in [-0.2, 0) is 27.3 Å². The van der Waals surface area contributed by atoms with Gasteiger partial charge in [-0.25, -0.2) is 4.79 Å². The molecule has 0 spiro atoms. The van der Waals surface area contributed by atoms with Crippen molar-refractivity contribution in [3.63, 3.8) is 0 Å². The van der Waals surface area contributed by atoms with E-state index in [4.69, 9.17) is 4.74 Å². The lowest BCUT2D eigenvalue weighted by Crippen LogP contribution is -2.50. The number of rotatable bonds is 9. The van der Waals surface area contributed by atoms with Gasteiger partial charge in [0.1, 0.15) is 23.9 Å². The number of hydrogen-bond acceptors (Lipinski definition) is 5. The van der Waals surface area contributed by atoms with Crippen LogP contribution in [0.25, 0.3) is 0 Å². The predicted octanol–water partition coefficient (Wildman–Crippen LogP) is 2.46. The molecule has 2 aliphatic heterocycles. The van der Waals surface area contributed by atoms with Gasteiger partial charge in [0.15, 0.2) is 0 Å². The first kappa shape index (κ1) is 24.7. The molecule has 0 saturated carbocycles. The topological polar surface area (TPSA) is 99.2 Å². The average Bonchev–Trinajstić information content (AvgIpc) is 3.22. The molecule has 2 aromatic rings. The van der Waals surface area contributed by atoms with Crippen molar-refractivity contribution in [3.05, 3.63) is 65.7 Å². The second-order valence-corrected chi connectivity index (χ2v) is 9.43. The van der Waals surface area contributed by atoms with E-state index in [1.165, 1.54) is 0 Å². The van der Waals surface area contributed by atoms with Crippen molar-refractivity contribution >= 4 is 17.8 Å². The predicted molar refractivity (Wildman–Crippen MR) is 131 cm³/mol. The first-order valence-corrected chi connectivity index (χ1v) is 12.2. The summed E-state index contributed by atoms with van der Waals surface area (Å²) >= 11 is 0. The van der Waals surface area contributed by atoms with Crippen LogP contribution in [0.5, 0.6) is 5.75 Å². The highest BCUT2D eigenvalue weighted by molar-refractivity contribution is 5.93. The summed E-state index contributed by atoms with van der Waals surface area (Å²) in [7, 11) is 2.11. The Morgan fingerprint density at radius 2 is 1.71 bits per heavy atom. The Bertz CT molecular complexity index is 1020. The van der Waals surface area contributed by atoms with Crippen molar-refractivity contribution in [2.24, 2.45) is 0 Å². The van der Waals surface area contributed by atoms with Crippen LogP contribution < -0.4 is 10.1 Å². The van der Waals surface area contributed by atoms with Gasteiger partial charge in [-0.15, -0.1) is 0 Å². The van der Waals surface area contributed by atoms with Gasteiger partial charge in [0.25, 0.3) is 0 Å². The summed E-state index contributed by atoms with van der Waals surface area (Å²) in [5.74, 6) is -0.869. The molecule has 4 rings (SSSR count). The molecule has 0 bridgehead atoms. The van der Waals surface area contributed by atoms with Gasteiger partial charge < -0.3 is 25.0 Å². The van der Waals surface area contributed by atoms with Crippen molar-refractivity contribution in [3.8, 4) is 5.75 Å². The zero-order valence-corrected chi connectivity index (χ0v) is 20.1. The van der Waals surface area contributed by atoms with Crippen LogP contribution in [0.15, 0.2) is 54.6 Å². The molecule has 35 heavy (non-hydrogen) atoms. The minimum absolute atomic E-state index is 0.0962. The van der Waals surface area contributed by atoms with Gasteiger partial charge in [-0.3, -0.25) is 9.59 Å². The fourth-order valence-electron chi connectivity index (χ4n) is 4.69. The van der Waals surface area contributed by atoms with E-state index in [1.54, 1.807) is 4.90 Å². The Hall–Kier alpha value is -3.39. The number of nitrogens with zero attached hydrogens (tertiary/aromatic N) is 2. The number of ether oxygens (including phenoxy) is 1. The highest BCUT2D eigenvalue weighted by Gasteiger charge is 2.37. The van der Waals surface area contributed by atoms with E-state index in [1.807, 2.05) is 54.6 Å². The normalized spacial score (nSPS) is 20.0. The molecule has 2 fully saturated rings. The lowest BCUT2D eigenvalue weighted by atomic mass is 10.0. The lowest BCUT2D eigenvalue weighted by Gasteiger charge is -2.29. The van der Waals surface area contributed by atoms with Crippen LogP contribution >= 0.6 is 0 Å². The quantitative estimate of drug-likeness (QED) is 0.573. The van der Waals surface area contributed by atoms with Crippen molar-refractivity contribution in [2.45, 2.75) is 56.8 Å². The van der Waals surface area contributed by atoms with Crippen molar-refractivity contribution < 1.29 is 24.2 Å². The highest BCUT2D eigenvalue weighted by Crippen LogP contribution is 2.23. The summed E-state index contributed by atoms with van der Waals surface area (Å²) in [6, 6.07) is 15.1. The summed E-state index contributed by atoms with van der Waals surface area (Å²) in [5, 5.41) is 12.4. The zero-order valence-electron chi connectivity index (χ0n) is 20.1. The fourth-order valence-corrected chi connectivity index (χ4v) is 4.69. The van der Waals surface area contributed by atoms with E-state index >= 15 is 0 Å². The van der Waals surface area contributed by atoms with E-state index in [0.29, 0.717) is 13.0 Å². The summed E-state index contributed by atoms with van der Waals surface area (Å²) in [6.07, 6.45) is 2.96. The summed E-state index contributed by atoms with van der Waals surface area (Å²) in [5.41, 5.74) is 1.72. The minimum atomic E-state index is -1.11. The maximum Gasteiger partial charge on any atom is 0.326 e. The minimum Gasteiger partial charge on any atom is -0.490 e. The van der Waals surface area contributed by atoms with Crippen LogP contribution in [-0.4, -0.2) is 71.0 Å². The molecule has 2 N–H and O–H groups in total. The van der Waals surface area contributed by atoms with E-state index in [-0.39, 0.29) is 24.9 Å². The van der Waals surface area contributed by atoms with Crippen molar-refractivity contribution in [2.75, 3.05) is 20.1 Å². The van der Waals surface area contributed by atoms with Crippen LogP contribution in [0.3, 0.4) is 0 Å². The van der Waals surface area contributed by atoms with E-state index in [0.717, 1.165) is 42.8 Å². The fraction of sp³-hybridized carbons (Fsp3) is 0.444. The maximum absolute atomic E-state index is 13.0. The molecule has 2 aromatic carbocycles. The summed E-state index contributed by atoms with van der Waals surface area (Å²) in [4.78, 5) is 41.2. The Kier molecular flexibility index (Phi) is 8.02. The third-order valence-corrected chi connectivity index (χ3v) is 6.77. The summed E-state index contributed by atoms with van der Waals surface area (Å²) < 4.78 is 6.06. The molecule has 2 heterocycles. The average molecular weight is 480 g/mol. The van der Waals surface area contributed by atoms with Gasteiger partial charge in [0.05, 0.1) is 0 Å². The molecule has 0 aromatic heterocycles. The standard InChI is InChI=1S/C27H33N3O5/c1-29-15-13-22(14-16-29)35-21-9-7-19(8-10-21)17-23(27(33)34)28-26(32)24-11-12-25(31)30(24)18-20-5-3-2-4-6-20/h2-10,22-24H,11-18H2,1H3,(H,28,32)(H,33,34)/t23-,24-/m0/s1. The third-order valence-electron chi connectivity index (χ3n) is 6.77. The number of carboxylic acid groups (broad SMARTS) is 1. The molecule has 8 nitrogen and oxygen atoms in total. The molecule has 186 valence electrons. The monoisotopic (exact) mass is 479 g/mol. The van der Waals surface area contributed by atoms with Gasteiger partial charge in [-0.1, -0.05) is 42.5 Å². The molecule has 8 heteroatoms. The van der Waals surface area contributed by atoms with Gasteiger partial charge >= 0.3 is 5.97 Å². The van der Waals surface area contributed by atoms with Crippen LogP contribution in [0, 0.1) is 0 Å². The molecule has 0 aliphatic carbocycles. The second kappa shape index (κ2) is 11.4. The number of piperidine rings is 1. The molecular formula is C27H33N3O5. The lowest BCUT2D eigenvalue weighted by molar-refractivity contribution is -0.143. The molecular weight excluding hydrogens is 446 g/mol. The van der Waals surface area contributed by atoms with E-state index in [2.05, 4.69) is 17.3 Å². The van der Waals surface area contributed by atoms with Crippen LogP contribution in [0.1, 0.15) is 36.8 Å². The molecule has 0 unspecified atom stereocenters. The number of nitrogens with one attached hydrogen (secondary N) is 1. The second-order valence-electron chi connectivity index (χ2n) is 9.43. The highest BCUT2D eigenvalue weighted by atomic mass is 16.5. The largest absolute Gasteiger partial charge is 0.490 e. The zero-order chi connectivity index (χ0) is 24.8. The molecule has 2 aliphatic rings. The smallest absolute Gasteiger partial charge is 0.326 e. The van der Waals surface area contributed by atoms with Crippen molar-refractivity contribution in [1.82, 2.24) is 15.1 Å². The number of carbonyl (C=O) groups is 3. The number of aliphatic carboxylic acids is 1. The number of likely N-dealkylation sites (tertiary alicyclic amines) is 2. The maximum atomic E-state index is 13.0. The number of carboxylic acids is 1. The van der Waals surface area contributed by atoms with Gasteiger partial charge in [-0.2, -0.15) is 0 Å². The first-order chi connectivity index (χ1) is 16.9. The number of carbonyl (C=O) groups excluding carboxylic acids is 2. The number of hydrogen-bond donors (Lipinski definition) is 2. The van der Waals surface area contributed by atoms with Crippen LogP contribution in [0.2, 0.25) is 0 Å². The molecule has 2 amide bonds. The van der Waals surface area contributed by atoms with Gasteiger partial charge in [0.2, 0.25) is 11.8 Å². The Morgan fingerprint density at radius 1 is 1.03 bits per heavy atom. The SMILES string of the molecule is CN1CCC(Oc2ccc(C[C@H](NC(=O)[C@@H]3CCC(=O)N3Cc3ccccc3)C(=O)O)cc2)CC1. The van der Waals surface area contributed by atoms with Gasteiger partial charge in [0, 0.05) is 32.5 Å². The molecule has 0 radical (unpaired) electrons. The third kappa shape index (κ3) is 6.60. The van der Waals surface area contributed by atoms with Crippen LogP contribution in [0.4, 0.5) is 0 Å².